The van der Waals surface area contributed by atoms with Gasteiger partial charge in [0.05, 0.1) is 11.7 Å². The number of amides is 1. The highest BCUT2D eigenvalue weighted by Gasteiger charge is 2.54. The summed E-state index contributed by atoms with van der Waals surface area (Å²) in [5, 5.41) is 4.34. The van der Waals surface area contributed by atoms with Crippen molar-refractivity contribution in [3.8, 4) is 0 Å². The zero-order chi connectivity index (χ0) is 18.1. The van der Waals surface area contributed by atoms with Gasteiger partial charge in [-0.3, -0.25) is 9.48 Å². The van der Waals surface area contributed by atoms with Gasteiger partial charge in [-0.15, -0.1) is 6.58 Å². The first-order chi connectivity index (χ1) is 12.6. The highest BCUT2D eigenvalue weighted by Crippen LogP contribution is 2.49. The zero-order valence-corrected chi connectivity index (χ0v) is 15.2. The molecule has 2 saturated heterocycles. The van der Waals surface area contributed by atoms with Crippen molar-refractivity contribution in [2.75, 3.05) is 24.5 Å². The number of aromatic nitrogens is 3. The van der Waals surface area contributed by atoms with Crippen molar-refractivity contribution in [2.24, 2.45) is 7.05 Å². The van der Waals surface area contributed by atoms with E-state index in [1.807, 2.05) is 42.3 Å². The van der Waals surface area contributed by atoms with Gasteiger partial charge in [-0.05, 0) is 30.5 Å². The molecule has 26 heavy (non-hydrogen) atoms. The van der Waals surface area contributed by atoms with E-state index >= 15 is 0 Å². The maximum atomic E-state index is 12.8. The van der Waals surface area contributed by atoms with Gasteiger partial charge in [0.1, 0.15) is 5.82 Å². The maximum absolute atomic E-state index is 12.8. The standard InChI is InChI=1S/C20H25N5O/c1-3-10-25-19(26)13-17(16-14-22-23(2)15-16)20(25)7-11-24(12-8-20)18-6-4-5-9-21-18/h3-6,9,14-15,17H,1,7-8,10-13H2,2H3. The monoisotopic (exact) mass is 351 g/mol. The number of anilines is 1. The van der Waals surface area contributed by atoms with E-state index in [1.54, 1.807) is 0 Å². The molecule has 0 aromatic carbocycles. The summed E-state index contributed by atoms with van der Waals surface area (Å²) in [6.45, 7) is 6.28. The Morgan fingerprint density at radius 1 is 1.35 bits per heavy atom. The molecule has 2 aliphatic rings. The molecule has 4 rings (SSSR count). The third-order valence-electron chi connectivity index (χ3n) is 5.91. The molecule has 0 saturated carbocycles. The van der Waals surface area contributed by atoms with E-state index in [0.29, 0.717) is 13.0 Å². The summed E-state index contributed by atoms with van der Waals surface area (Å²) >= 11 is 0. The molecule has 2 aromatic heterocycles. The van der Waals surface area contributed by atoms with Crippen LogP contribution >= 0.6 is 0 Å². The largest absolute Gasteiger partial charge is 0.356 e. The van der Waals surface area contributed by atoms with Crippen molar-refractivity contribution in [1.82, 2.24) is 19.7 Å². The summed E-state index contributed by atoms with van der Waals surface area (Å²) in [6.07, 6.45) is 10.1. The number of carbonyl (C=O) groups excluding carboxylic acids is 1. The molecule has 0 radical (unpaired) electrons. The van der Waals surface area contributed by atoms with Gasteiger partial charge in [-0.1, -0.05) is 12.1 Å². The Balaban J connectivity index is 1.63. The Morgan fingerprint density at radius 2 is 2.15 bits per heavy atom. The molecule has 4 heterocycles. The predicted molar refractivity (Wildman–Crippen MR) is 101 cm³/mol. The first kappa shape index (κ1) is 16.8. The molecule has 136 valence electrons. The average molecular weight is 351 g/mol. The quantitative estimate of drug-likeness (QED) is 0.794. The van der Waals surface area contributed by atoms with E-state index in [-0.39, 0.29) is 17.4 Å². The normalized spacial score (nSPS) is 22.2. The molecular weight excluding hydrogens is 326 g/mol. The lowest BCUT2D eigenvalue weighted by Crippen LogP contribution is -2.55. The third kappa shape index (κ3) is 2.69. The summed E-state index contributed by atoms with van der Waals surface area (Å²) in [5.41, 5.74) is 1.01. The van der Waals surface area contributed by atoms with E-state index in [1.165, 1.54) is 5.56 Å². The molecule has 0 bridgehead atoms. The van der Waals surface area contributed by atoms with Gasteiger partial charge in [0.15, 0.2) is 0 Å². The van der Waals surface area contributed by atoms with Crippen molar-refractivity contribution in [1.29, 1.82) is 0 Å². The molecule has 0 aliphatic carbocycles. The lowest BCUT2D eigenvalue weighted by molar-refractivity contribution is -0.131. The van der Waals surface area contributed by atoms with Crippen LogP contribution < -0.4 is 4.90 Å². The Bertz CT molecular complexity index is 792. The first-order valence-corrected chi connectivity index (χ1v) is 9.20. The second-order valence-electron chi connectivity index (χ2n) is 7.28. The van der Waals surface area contributed by atoms with Crippen molar-refractivity contribution in [2.45, 2.75) is 30.7 Å². The topological polar surface area (TPSA) is 54.3 Å². The minimum Gasteiger partial charge on any atom is -0.356 e. The smallest absolute Gasteiger partial charge is 0.224 e. The van der Waals surface area contributed by atoms with Crippen LogP contribution in [0.3, 0.4) is 0 Å². The molecule has 2 aliphatic heterocycles. The SMILES string of the molecule is C=CCN1C(=O)CC(c2cnn(C)c2)C12CCN(c1ccccn1)CC2. The van der Waals surface area contributed by atoms with Crippen LogP contribution in [-0.2, 0) is 11.8 Å². The number of piperidine rings is 1. The number of aryl methyl sites for hydroxylation is 1. The Kier molecular flexibility index (Phi) is 4.26. The zero-order valence-electron chi connectivity index (χ0n) is 15.2. The first-order valence-electron chi connectivity index (χ1n) is 9.20. The number of hydrogen-bond donors (Lipinski definition) is 0. The van der Waals surface area contributed by atoms with Gasteiger partial charge < -0.3 is 9.80 Å². The molecule has 6 nitrogen and oxygen atoms in total. The maximum Gasteiger partial charge on any atom is 0.224 e. The summed E-state index contributed by atoms with van der Waals surface area (Å²) in [6, 6.07) is 6.01. The average Bonchev–Trinajstić information content (AvgIpc) is 3.20. The van der Waals surface area contributed by atoms with Gasteiger partial charge in [-0.25, -0.2) is 4.98 Å². The van der Waals surface area contributed by atoms with Crippen molar-refractivity contribution in [3.63, 3.8) is 0 Å². The van der Waals surface area contributed by atoms with Crippen molar-refractivity contribution >= 4 is 11.7 Å². The van der Waals surface area contributed by atoms with E-state index in [9.17, 15) is 4.79 Å². The van der Waals surface area contributed by atoms with Gasteiger partial charge in [0, 0.05) is 51.4 Å². The lowest BCUT2D eigenvalue weighted by Gasteiger charge is -2.47. The fraction of sp³-hybridized carbons (Fsp3) is 0.450. The van der Waals surface area contributed by atoms with Gasteiger partial charge in [0.2, 0.25) is 5.91 Å². The highest BCUT2D eigenvalue weighted by molar-refractivity contribution is 5.82. The number of carbonyl (C=O) groups is 1. The highest BCUT2D eigenvalue weighted by atomic mass is 16.2. The lowest BCUT2D eigenvalue weighted by atomic mass is 9.74. The van der Waals surface area contributed by atoms with Crippen molar-refractivity contribution in [3.05, 3.63) is 55.0 Å². The third-order valence-corrected chi connectivity index (χ3v) is 5.91. The molecule has 1 amide bonds. The van der Waals surface area contributed by atoms with Crippen LogP contribution in [0, 0.1) is 0 Å². The number of rotatable bonds is 4. The molecule has 2 fully saturated rings. The van der Waals surface area contributed by atoms with Crippen LogP contribution in [0.15, 0.2) is 49.4 Å². The summed E-state index contributed by atoms with van der Waals surface area (Å²) in [7, 11) is 1.93. The van der Waals surface area contributed by atoms with E-state index in [2.05, 4.69) is 38.7 Å². The summed E-state index contributed by atoms with van der Waals surface area (Å²) in [4.78, 5) is 21.7. The summed E-state index contributed by atoms with van der Waals surface area (Å²) in [5.74, 6) is 1.43. The molecule has 1 unspecified atom stereocenters. The number of nitrogens with zero attached hydrogens (tertiary/aromatic N) is 5. The van der Waals surface area contributed by atoms with Crippen LogP contribution in [0.25, 0.3) is 0 Å². The molecule has 6 heteroatoms. The molecule has 2 aromatic rings. The van der Waals surface area contributed by atoms with Gasteiger partial charge in [0.25, 0.3) is 0 Å². The molecule has 0 N–H and O–H groups in total. The Morgan fingerprint density at radius 3 is 2.77 bits per heavy atom. The second kappa shape index (κ2) is 6.59. The van der Waals surface area contributed by atoms with E-state index in [0.717, 1.165) is 31.7 Å². The van der Waals surface area contributed by atoms with Crippen LogP contribution in [-0.4, -0.2) is 50.7 Å². The van der Waals surface area contributed by atoms with E-state index in [4.69, 9.17) is 0 Å². The molecular formula is C20H25N5O. The van der Waals surface area contributed by atoms with Gasteiger partial charge in [-0.2, -0.15) is 5.10 Å². The molecule has 1 atom stereocenters. The van der Waals surface area contributed by atoms with E-state index < -0.39 is 0 Å². The van der Waals surface area contributed by atoms with Crippen LogP contribution in [0.2, 0.25) is 0 Å². The Hall–Kier alpha value is -2.63. The van der Waals surface area contributed by atoms with Crippen LogP contribution in [0.1, 0.15) is 30.7 Å². The van der Waals surface area contributed by atoms with Crippen LogP contribution in [0.4, 0.5) is 5.82 Å². The number of pyridine rings is 1. The van der Waals surface area contributed by atoms with Crippen molar-refractivity contribution < 1.29 is 4.79 Å². The minimum atomic E-state index is -0.153. The minimum absolute atomic E-state index is 0.153. The Labute approximate surface area is 154 Å². The fourth-order valence-electron chi connectivity index (χ4n) is 4.65. The second-order valence-corrected chi connectivity index (χ2v) is 7.28. The fourth-order valence-corrected chi connectivity index (χ4v) is 4.65. The number of likely N-dealkylation sites (tertiary alicyclic amines) is 1. The number of hydrogen-bond acceptors (Lipinski definition) is 4. The van der Waals surface area contributed by atoms with Crippen LogP contribution in [0.5, 0.6) is 0 Å². The van der Waals surface area contributed by atoms with Gasteiger partial charge >= 0.3 is 0 Å². The predicted octanol–water partition coefficient (Wildman–Crippen LogP) is 2.36. The molecule has 1 spiro atoms. The summed E-state index contributed by atoms with van der Waals surface area (Å²) < 4.78 is 1.83.